The molecule has 0 unspecified atom stereocenters. The molecule has 0 fully saturated rings. The second-order valence-corrected chi connectivity index (χ2v) is 3.31. The molecule has 0 spiro atoms. The van der Waals surface area contributed by atoms with Crippen LogP contribution in [-0.4, -0.2) is 0 Å². The zero-order valence-corrected chi connectivity index (χ0v) is 7.84. The van der Waals surface area contributed by atoms with E-state index in [1.165, 1.54) is 12.2 Å². The predicted octanol–water partition coefficient (Wildman–Crippen LogP) is 4.18. The first-order chi connectivity index (χ1) is 4.63. The van der Waals surface area contributed by atoms with Crippen molar-refractivity contribution < 1.29 is 0 Å². The van der Waals surface area contributed by atoms with Crippen LogP contribution in [0.5, 0.6) is 0 Å². The molecule has 0 aromatic carbocycles. The van der Waals surface area contributed by atoms with Crippen LogP contribution in [-0.2, 0) is 0 Å². The summed E-state index contributed by atoms with van der Waals surface area (Å²) in [6.07, 6.45) is 6.27. The topological polar surface area (TPSA) is 0 Å². The van der Waals surface area contributed by atoms with Gasteiger partial charge >= 0.3 is 0 Å². The van der Waals surface area contributed by atoms with E-state index in [1.54, 1.807) is 12.2 Å². The van der Waals surface area contributed by atoms with Crippen molar-refractivity contribution in [3.05, 3.63) is 33.3 Å². The maximum Gasteiger partial charge on any atom is 0.106 e. The molecule has 0 saturated carbocycles. The van der Waals surface area contributed by atoms with Crippen molar-refractivity contribution in [2.75, 3.05) is 0 Å². The van der Waals surface area contributed by atoms with E-state index < -0.39 is 0 Å². The zero-order valence-electron chi connectivity index (χ0n) is 4.82. The smallest absolute Gasteiger partial charge is 0.0709 e. The minimum atomic E-state index is 0.190. The Kier molecular flexibility index (Phi) is 6.35. The van der Waals surface area contributed by atoms with E-state index in [2.05, 4.69) is 0 Å². The summed E-state index contributed by atoms with van der Waals surface area (Å²) < 4.78 is 0.380. The first-order valence-electron chi connectivity index (χ1n) is 2.33. The fourth-order valence-corrected chi connectivity index (χ4v) is 0.548. The van der Waals surface area contributed by atoms with Crippen LogP contribution in [0.1, 0.15) is 0 Å². The van der Waals surface area contributed by atoms with E-state index in [4.69, 9.17) is 46.4 Å². The van der Waals surface area contributed by atoms with Gasteiger partial charge in [0.05, 0.1) is 0 Å². The van der Waals surface area contributed by atoms with Gasteiger partial charge in [0, 0.05) is 0 Å². The Morgan fingerprint density at radius 2 is 1.00 bits per heavy atom. The molecule has 0 bridgehead atoms. The van der Waals surface area contributed by atoms with Crippen LogP contribution in [0.2, 0.25) is 0 Å². The van der Waals surface area contributed by atoms with Crippen molar-refractivity contribution in [2.45, 2.75) is 0 Å². The lowest BCUT2D eigenvalue weighted by Crippen LogP contribution is -1.52. The van der Waals surface area contributed by atoms with Gasteiger partial charge in [-0.25, -0.2) is 0 Å². The Bertz CT molecular complexity index is 150. The summed E-state index contributed by atoms with van der Waals surface area (Å²) in [6.45, 7) is 0. The molecule has 0 aliphatic rings. The van der Waals surface area contributed by atoms with E-state index in [1.807, 2.05) is 0 Å². The quantitative estimate of drug-likeness (QED) is 0.609. The zero-order chi connectivity index (χ0) is 7.98. The molecule has 0 rings (SSSR count). The monoisotopic (exact) mass is 216 g/mol. The predicted molar refractivity (Wildman–Crippen MR) is 48.7 cm³/mol. The number of halogens is 4. The molecule has 0 aromatic heterocycles. The third-order valence-corrected chi connectivity index (χ3v) is 1.06. The van der Waals surface area contributed by atoms with E-state index in [0.29, 0.717) is 0 Å². The van der Waals surface area contributed by atoms with E-state index >= 15 is 0 Å². The summed E-state index contributed by atoms with van der Waals surface area (Å²) in [7, 11) is 0. The molecule has 56 valence electrons. The molecule has 0 heterocycles. The van der Waals surface area contributed by atoms with Gasteiger partial charge in [-0.05, 0) is 12.2 Å². The molecule has 0 saturated heterocycles. The maximum atomic E-state index is 5.28. The van der Waals surface area contributed by atoms with Crippen LogP contribution in [0, 0.1) is 0 Å². The molecular weight excluding hydrogens is 214 g/mol. The average molecular weight is 218 g/mol. The maximum absolute atomic E-state index is 5.28. The highest BCUT2D eigenvalue weighted by Crippen LogP contribution is 2.07. The fraction of sp³-hybridized carbons (Fsp3) is 0. The Labute approximate surface area is 79.7 Å². The Hall–Kier alpha value is 0.380. The lowest BCUT2D eigenvalue weighted by atomic mass is 10.5. The second-order valence-electron chi connectivity index (χ2n) is 1.30. The van der Waals surface area contributed by atoms with Gasteiger partial charge in [-0.15, -0.1) is 0 Å². The van der Waals surface area contributed by atoms with Crippen LogP contribution in [0.4, 0.5) is 0 Å². The van der Waals surface area contributed by atoms with Gasteiger partial charge in [0.1, 0.15) is 8.98 Å². The standard InChI is InChI=1S/C6H4Cl4/c7-5(8)3-1-2-4-6(9)10/h1-4H/b2-1-. The Morgan fingerprint density at radius 3 is 1.20 bits per heavy atom. The van der Waals surface area contributed by atoms with Crippen LogP contribution >= 0.6 is 46.4 Å². The summed E-state index contributed by atoms with van der Waals surface area (Å²) >= 11 is 21.1. The molecule has 10 heavy (non-hydrogen) atoms. The van der Waals surface area contributed by atoms with Crippen molar-refractivity contribution in [3.63, 3.8) is 0 Å². The minimum Gasteiger partial charge on any atom is -0.0709 e. The van der Waals surface area contributed by atoms with Gasteiger partial charge in [-0.1, -0.05) is 58.6 Å². The fourth-order valence-electron chi connectivity index (χ4n) is 0.257. The molecular formula is C6H4Cl4. The molecule has 0 radical (unpaired) electrons. The number of allylic oxidation sites excluding steroid dienone is 4. The molecule has 0 amide bonds. The summed E-state index contributed by atoms with van der Waals surface area (Å²) in [5, 5.41) is 0. The Morgan fingerprint density at radius 1 is 0.700 bits per heavy atom. The van der Waals surface area contributed by atoms with Gasteiger partial charge in [-0.3, -0.25) is 0 Å². The van der Waals surface area contributed by atoms with E-state index in [0.717, 1.165) is 0 Å². The van der Waals surface area contributed by atoms with Gasteiger partial charge in [0.2, 0.25) is 0 Å². The van der Waals surface area contributed by atoms with Crippen LogP contribution in [0.15, 0.2) is 33.3 Å². The van der Waals surface area contributed by atoms with Crippen molar-refractivity contribution in [3.8, 4) is 0 Å². The highest BCUT2D eigenvalue weighted by atomic mass is 35.5. The van der Waals surface area contributed by atoms with Gasteiger partial charge < -0.3 is 0 Å². The summed E-state index contributed by atoms with van der Waals surface area (Å²) in [4.78, 5) is 0. The van der Waals surface area contributed by atoms with Crippen LogP contribution in [0.25, 0.3) is 0 Å². The first kappa shape index (κ1) is 10.4. The largest absolute Gasteiger partial charge is 0.106 e. The average Bonchev–Trinajstić information content (AvgIpc) is 1.79. The lowest BCUT2D eigenvalue weighted by molar-refractivity contribution is 1.92. The molecule has 0 N–H and O–H groups in total. The summed E-state index contributed by atoms with van der Waals surface area (Å²) in [6, 6.07) is 0. The number of hydrogen-bond donors (Lipinski definition) is 0. The molecule has 0 nitrogen and oxygen atoms in total. The van der Waals surface area contributed by atoms with Gasteiger partial charge in [-0.2, -0.15) is 0 Å². The third kappa shape index (κ3) is 8.38. The van der Waals surface area contributed by atoms with Gasteiger partial charge in [0.25, 0.3) is 0 Å². The van der Waals surface area contributed by atoms with E-state index in [-0.39, 0.29) is 8.98 Å². The minimum absolute atomic E-state index is 0.190. The van der Waals surface area contributed by atoms with Gasteiger partial charge in [0.15, 0.2) is 0 Å². The highest BCUT2D eigenvalue weighted by Gasteiger charge is 1.77. The lowest BCUT2D eigenvalue weighted by Gasteiger charge is -1.76. The number of hydrogen-bond acceptors (Lipinski definition) is 0. The molecule has 0 aliphatic heterocycles. The summed E-state index contributed by atoms with van der Waals surface area (Å²) in [5.41, 5.74) is 0. The van der Waals surface area contributed by atoms with Crippen molar-refractivity contribution in [2.24, 2.45) is 0 Å². The SMILES string of the molecule is ClC(Cl)=C/C=C\C=C(Cl)Cl. The normalized spacial score (nSPS) is 9.60. The first-order valence-corrected chi connectivity index (χ1v) is 3.85. The van der Waals surface area contributed by atoms with Crippen LogP contribution in [0.3, 0.4) is 0 Å². The molecule has 0 aromatic rings. The van der Waals surface area contributed by atoms with Crippen molar-refractivity contribution in [1.29, 1.82) is 0 Å². The molecule has 4 heteroatoms. The Balaban J connectivity index is 3.80. The molecule has 0 aliphatic carbocycles. The summed E-state index contributed by atoms with van der Waals surface area (Å²) in [5.74, 6) is 0. The van der Waals surface area contributed by atoms with E-state index in [9.17, 15) is 0 Å². The second kappa shape index (κ2) is 6.11. The number of rotatable bonds is 2. The molecule has 0 atom stereocenters. The third-order valence-electron chi connectivity index (χ3n) is 0.556. The van der Waals surface area contributed by atoms with Crippen LogP contribution < -0.4 is 0 Å². The highest BCUT2D eigenvalue weighted by molar-refractivity contribution is 6.56. The van der Waals surface area contributed by atoms with Crippen molar-refractivity contribution >= 4 is 46.4 Å². The van der Waals surface area contributed by atoms with Crippen molar-refractivity contribution in [1.82, 2.24) is 0 Å².